The average molecular weight is 903 g/mol. The van der Waals surface area contributed by atoms with Crippen LogP contribution in [0.2, 0.25) is 0 Å². The van der Waals surface area contributed by atoms with Crippen LogP contribution in [-0.4, -0.2) is 0 Å². The Morgan fingerprint density at radius 3 is 1.40 bits per heavy atom. The molecule has 14 rings (SSSR count). The van der Waals surface area contributed by atoms with Crippen LogP contribution in [0.1, 0.15) is 101 Å². The van der Waals surface area contributed by atoms with Gasteiger partial charge in [0.25, 0.3) is 0 Å². The van der Waals surface area contributed by atoms with Gasteiger partial charge in [-0.1, -0.05) is 183 Å². The molecule has 0 aliphatic heterocycles. The molecule has 340 valence electrons. The Bertz CT molecular complexity index is 3330. The molecule has 2 nitrogen and oxygen atoms in total. The smallest absolute Gasteiger partial charge is 0.0714 e. The highest BCUT2D eigenvalue weighted by Gasteiger charge is 2.62. The number of fused-ring (bicyclic) bond motifs is 5. The van der Waals surface area contributed by atoms with Gasteiger partial charge in [-0.15, -0.1) is 0 Å². The lowest BCUT2D eigenvalue weighted by Gasteiger charge is -2.40. The SMILES string of the molecule is c1ccc(N(c2ccc(C3CCCCC3)cc2)c2cccc3c2C24c5c(cccc5N(c5ccccc5)c5ccc6c(c5)C(c5ccccc5)(c5ccccc5)c5ccccc5-6)CC2CCC4C3)cc1. The summed E-state index contributed by atoms with van der Waals surface area (Å²) in [7, 11) is 0. The van der Waals surface area contributed by atoms with E-state index in [0.29, 0.717) is 17.8 Å². The molecule has 3 unspecified atom stereocenters. The van der Waals surface area contributed by atoms with Gasteiger partial charge in [0.15, 0.2) is 0 Å². The van der Waals surface area contributed by atoms with E-state index in [0.717, 1.165) is 12.8 Å². The molecule has 1 spiro atoms. The fraction of sp³-hybridized carbons (Fsp3) is 0.206. The van der Waals surface area contributed by atoms with Crippen molar-refractivity contribution in [2.75, 3.05) is 9.80 Å². The molecule has 5 aliphatic rings. The summed E-state index contributed by atoms with van der Waals surface area (Å²) >= 11 is 0. The molecular weight excluding hydrogens is 845 g/mol. The highest BCUT2D eigenvalue weighted by atomic mass is 15.2. The Hall–Kier alpha value is -7.42. The molecule has 0 aromatic heterocycles. The molecule has 0 amide bonds. The Kier molecular flexibility index (Phi) is 9.87. The molecule has 0 bridgehead atoms. The van der Waals surface area contributed by atoms with E-state index in [9.17, 15) is 0 Å². The number of rotatable bonds is 9. The van der Waals surface area contributed by atoms with Gasteiger partial charge in [-0.05, 0) is 178 Å². The first-order chi connectivity index (χ1) is 34.7. The molecule has 0 N–H and O–H groups in total. The van der Waals surface area contributed by atoms with E-state index < -0.39 is 5.41 Å². The second-order valence-corrected chi connectivity index (χ2v) is 20.9. The van der Waals surface area contributed by atoms with E-state index in [1.165, 1.54) is 129 Å². The second kappa shape index (κ2) is 16.6. The summed E-state index contributed by atoms with van der Waals surface area (Å²) in [5.74, 6) is 1.69. The molecule has 9 aromatic carbocycles. The van der Waals surface area contributed by atoms with Crippen molar-refractivity contribution in [2.24, 2.45) is 11.8 Å². The van der Waals surface area contributed by atoms with Gasteiger partial charge >= 0.3 is 0 Å². The van der Waals surface area contributed by atoms with E-state index in [2.05, 4.69) is 234 Å². The van der Waals surface area contributed by atoms with Gasteiger partial charge in [-0.25, -0.2) is 0 Å². The van der Waals surface area contributed by atoms with Crippen molar-refractivity contribution in [3.05, 3.63) is 275 Å². The Morgan fingerprint density at radius 2 is 0.829 bits per heavy atom. The minimum Gasteiger partial charge on any atom is -0.310 e. The Balaban J connectivity index is 0.986. The van der Waals surface area contributed by atoms with Crippen LogP contribution in [0, 0.1) is 11.8 Å². The minimum atomic E-state index is -0.499. The molecule has 5 aliphatic carbocycles. The molecular formula is C68H58N2. The van der Waals surface area contributed by atoms with Crippen molar-refractivity contribution in [1.82, 2.24) is 0 Å². The third kappa shape index (κ3) is 6.11. The number of para-hydroxylation sites is 2. The van der Waals surface area contributed by atoms with E-state index >= 15 is 0 Å². The summed E-state index contributed by atoms with van der Waals surface area (Å²) in [6.45, 7) is 0. The fourth-order valence-electron chi connectivity index (χ4n) is 14.9. The maximum atomic E-state index is 2.63. The molecule has 0 heterocycles. The van der Waals surface area contributed by atoms with Crippen LogP contribution < -0.4 is 9.80 Å². The zero-order valence-electron chi connectivity index (χ0n) is 39.9. The Labute approximate surface area is 413 Å². The van der Waals surface area contributed by atoms with Crippen LogP contribution in [0.4, 0.5) is 34.1 Å². The number of anilines is 6. The molecule has 0 saturated heterocycles. The summed E-state index contributed by atoms with van der Waals surface area (Å²) in [6.07, 6.45) is 11.4. The molecule has 2 heteroatoms. The van der Waals surface area contributed by atoms with Crippen molar-refractivity contribution < 1.29 is 0 Å². The third-order valence-electron chi connectivity index (χ3n) is 17.6. The predicted molar refractivity (Wildman–Crippen MR) is 290 cm³/mol. The Morgan fingerprint density at radius 1 is 0.357 bits per heavy atom. The average Bonchev–Trinajstić information content (AvgIpc) is 4.15. The topological polar surface area (TPSA) is 6.48 Å². The molecule has 0 radical (unpaired) electrons. The van der Waals surface area contributed by atoms with E-state index in [4.69, 9.17) is 0 Å². The molecule has 2 saturated carbocycles. The van der Waals surface area contributed by atoms with Crippen molar-refractivity contribution in [2.45, 2.75) is 74.5 Å². The summed E-state index contributed by atoms with van der Waals surface area (Å²) < 4.78 is 0. The monoisotopic (exact) mass is 902 g/mol. The maximum Gasteiger partial charge on any atom is 0.0714 e. The van der Waals surface area contributed by atoms with Crippen LogP contribution in [0.5, 0.6) is 0 Å². The number of benzene rings is 9. The zero-order chi connectivity index (χ0) is 46.2. The fourth-order valence-corrected chi connectivity index (χ4v) is 14.9. The van der Waals surface area contributed by atoms with Crippen molar-refractivity contribution in [3.63, 3.8) is 0 Å². The molecule has 2 fully saturated rings. The quantitative estimate of drug-likeness (QED) is 0.142. The first kappa shape index (κ1) is 41.5. The summed E-state index contributed by atoms with van der Waals surface area (Å²) in [4.78, 5) is 5.24. The first-order valence-corrected chi connectivity index (χ1v) is 26.1. The summed E-state index contributed by atoms with van der Waals surface area (Å²) in [6, 6.07) is 85.7. The van der Waals surface area contributed by atoms with Crippen LogP contribution in [-0.2, 0) is 23.7 Å². The van der Waals surface area contributed by atoms with Gasteiger partial charge in [0, 0.05) is 28.2 Å². The van der Waals surface area contributed by atoms with Gasteiger partial charge in [-0.2, -0.15) is 0 Å². The van der Waals surface area contributed by atoms with E-state index in [1.807, 2.05) is 0 Å². The molecule has 9 aromatic rings. The lowest BCUT2D eigenvalue weighted by molar-refractivity contribution is 0.350. The van der Waals surface area contributed by atoms with E-state index in [1.54, 1.807) is 11.1 Å². The molecule has 70 heavy (non-hydrogen) atoms. The number of hydrogen-bond donors (Lipinski definition) is 0. The highest BCUT2D eigenvalue weighted by molar-refractivity contribution is 5.91. The molecule has 3 atom stereocenters. The third-order valence-corrected chi connectivity index (χ3v) is 17.6. The van der Waals surface area contributed by atoms with Gasteiger partial charge in [0.2, 0.25) is 0 Å². The lowest BCUT2D eigenvalue weighted by atomic mass is 9.67. The van der Waals surface area contributed by atoms with Gasteiger partial charge < -0.3 is 9.80 Å². The summed E-state index contributed by atoms with van der Waals surface area (Å²) in [5.41, 5.74) is 22.3. The van der Waals surface area contributed by atoms with Crippen LogP contribution in [0.15, 0.2) is 224 Å². The zero-order valence-corrected chi connectivity index (χ0v) is 39.9. The second-order valence-electron chi connectivity index (χ2n) is 20.9. The van der Waals surface area contributed by atoms with Crippen molar-refractivity contribution >= 4 is 34.1 Å². The predicted octanol–water partition coefficient (Wildman–Crippen LogP) is 17.5. The van der Waals surface area contributed by atoms with Gasteiger partial charge in [0.1, 0.15) is 0 Å². The minimum absolute atomic E-state index is 0.148. The van der Waals surface area contributed by atoms with Gasteiger partial charge in [-0.3, -0.25) is 0 Å². The normalized spacial score (nSPS) is 20.2. The first-order valence-electron chi connectivity index (χ1n) is 26.1. The lowest BCUT2D eigenvalue weighted by Crippen LogP contribution is -2.34. The van der Waals surface area contributed by atoms with E-state index in [-0.39, 0.29) is 5.41 Å². The van der Waals surface area contributed by atoms with Crippen LogP contribution in [0.3, 0.4) is 0 Å². The van der Waals surface area contributed by atoms with Crippen molar-refractivity contribution in [3.8, 4) is 11.1 Å². The van der Waals surface area contributed by atoms with Crippen molar-refractivity contribution in [1.29, 1.82) is 0 Å². The number of nitrogens with zero attached hydrogens (tertiary/aromatic N) is 2. The largest absolute Gasteiger partial charge is 0.310 e. The van der Waals surface area contributed by atoms with Crippen LogP contribution in [0.25, 0.3) is 11.1 Å². The number of hydrogen-bond acceptors (Lipinski definition) is 2. The highest BCUT2D eigenvalue weighted by Crippen LogP contribution is 2.69. The summed E-state index contributed by atoms with van der Waals surface area (Å²) in [5, 5.41) is 0. The van der Waals surface area contributed by atoms with Crippen LogP contribution >= 0.6 is 0 Å². The van der Waals surface area contributed by atoms with Gasteiger partial charge in [0.05, 0.1) is 16.8 Å². The standard InChI is InChI=1S/C68H58N2/c1-6-20-47(21-7-1)48-36-40-57(41-37-48)69(55-28-12-4-13-29-55)63-34-18-22-49-44-53-38-39-54-45-50-23-19-35-64(66(50)68(53,54)65(49)63)70(56-30-14-5-15-31-56)58-42-43-60-59-32-16-17-33-61(59)67(62(60)46-58,51-24-8-2-9-25-51)52-26-10-3-11-27-52/h2-5,8-19,22-37,40-43,46-47,53-54H,1,6-7,20-21,38-39,44-45H2. The maximum absolute atomic E-state index is 2.63.